The number of rotatable bonds is 6. The SMILES string of the molecule is OC[C@H]1O[C@@H](OCO[C@@H]2O[C@H](CO)[C@@H](O)[C@H]2O)[C@H](O)[C@@H]1O. The molecule has 0 aromatic carbocycles. The lowest BCUT2D eigenvalue weighted by Gasteiger charge is -2.19. The molecule has 10 heteroatoms. The van der Waals surface area contributed by atoms with Gasteiger partial charge in [-0.25, -0.2) is 0 Å². The lowest BCUT2D eigenvalue weighted by Crippen LogP contribution is -2.36. The van der Waals surface area contributed by atoms with Crippen molar-refractivity contribution in [2.45, 2.75) is 49.2 Å². The monoisotopic (exact) mass is 312 g/mol. The molecule has 0 aliphatic carbocycles. The highest BCUT2D eigenvalue weighted by molar-refractivity contribution is 4.87. The van der Waals surface area contributed by atoms with E-state index in [0.29, 0.717) is 0 Å². The molecule has 0 aromatic rings. The summed E-state index contributed by atoms with van der Waals surface area (Å²) in [6, 6.07) is 0. The van der Waals surface area contributed by atoms with Crippen LogP contribution in [0.2, 0.25) is 0 Å². The molecule has 2 aliphatic rings. The molecule has 2 rings (SSSR count). The second kappa shape index (κ2) is 7.24. The van der Waals surface area contributed by atoms with Crippen LogP contribution >= 0.6 is 0 Å². The van der Waals surface area contributed by atoms with Crippen molar-refractivity contribution >= 4 is 0 Å². The molecule has 6 N–H and O–H groups in total. The Hall–Kier alpha value is -0.400. The predicted molar refractivity (Wildman–Crippen MR) is 62.6 cm³/mol. The normalized spacial score (nSPS) is 47.1. The summed E-state index contributed by atoms with van der Waals surface area (Å²) in [5.74, 6) is 0. The highest BCUT2D eigenvalue weighted by atomic mass is 16.8. The molecular weight excluding hydrogens is 292 g/mol. The molecule has 21 heavy (non-hydrogen) atoms. The van der Waals surface area contributed by atoms with E-state index in [0.717, 1.165) is 0 Å². The molecule has 10 nitrogen and oxygen atoms in total. The third-order valence-corrected chi connectivity index (χ3v) is 3.46. The summed E-state index contributed by atoms with van der Waals surface area (Å²) in [7, 11) is 0. The fourth-order valence-electron chi connectivity index (χ4n) is 2.18. The number of ether oxygens (including phenoxy) is 4. The van der Waals surface area contributed by atoms with Crippen molar-refractivity contribution in [2.24, 2.45) is 0 Å². The van der Waals surface area contributed by atoms with Crippen molar-refractivity contribution in [3.8, 4) is 0 Å². The molecule has 0 bridgehead atoms. The summed E-state index contributed by atoms with van der Waals surface area (Å²) >= 11 is 0. The highest BCUT2D eigenvalue weighted by Crippen LogP contribution is 2.24. The van der Waals surface area contributed by atoms with Gasteiger partial charge in [0.2, 0.25) is 0 Å². The molecule has 2 fully saturated rings. The van der Waals surface area contributed by atoms with E-state index in [2.05, 4.69) is 0 Å². The Morgan fingerprint density at radius 2 is 1.05 bits per heavy atom. The van der Waals surface area contributed by atoms with Crippen LogP contribution in [0.3, 0.4) is 0 Å². The van der Waals surface area contributed by atoms with E-state index in [1.807, 2.05) is 0 Å². The van der Waals surface area contributed by atoms with Crippen LogP contribution in [0.5, 0.6) is 0 Å². The lowest BCUT2D eigenvalue weighted by atomic mass is 10.1. The Morgan fingerprint density at radius 3 is 1.33 bits per heavy atom. The van der Waals surface area contributed by atoms with Gasteiger partial charge in [0.15, 0.2) is 19.4 Å². The van der Waals surface area contributed by atoms with Crippen molar-refractivity contribution in [3.05, 3.63) is 0 Å². The van der Waals surface area contributed by atoms with Gasteiger partial charge in [-0.1, -0.05) is 0 Å². The number of hydrogen-bond acceptors (Lipinski definition) is 10. The van der Waals surface area contributed by atoms with E-state index < -0.39 is 69.2 Å². The third kappa shape index (κ3) is 3.51. The van der Waals surface area contributed by atoms with Crippen molar-refractivity contribution in [1.82, 2.24) is 0 Å². The van der Waals surface area contributed by atoms with Crippen LogP contribution in [-0.2, 0) is 18.9 Å². The first kappa shape index (κ1) is 17.0. The van der Waals surface area contributed by atoms with Crippen LogP contribution in [0.15, 0.2) is 0 Å². The van der Waals surface area contributed by atoms with Gasteiger partial charge in [0.05, 0.1) is 13.2 Å². The van der Waals surface area contributed by atoms with Gasteiger partial charge in [-0.15, -0.1) is 0 Å². The first-order chi connectivity index (χ1) is 9.99. The van der Waals surface area contributed by atoms with E-state index in [-0.39, 0.29) is 0 Å². The Morgan fingerprint density at radius 1 is 0.667 bits per heavy atom. The molecule has 0 radical (unpaired) electrons. The van der Waals surface area contributed by atoms with Crippen molar-refractivity contribution in [2.75, 3.05) is 20.0 Å². The van der Waals surface area contributed by atoms with Crippen molar-refractivity contribution in [1.29, 1.82) is 0 Å². The van der Waals surface area contributed by atoms with Gasteiger partial charge < -0.3 is 49.6 Å². The summed E-state index contributed by atoms with van der Waals surface area (Å²) in [6.07, 6.45) is -9.59. The first-order valence-electron chi connectivity index (χ1n) is 6.47. The first-order valence-corrected chi connectivity index (χ1v) is 6.47. The number of hydrogen-bond donors (Lipinski definition) is 6. The minimum Gasteiger partial charge on any atom is -0.394 e. The fraction of sp³-hybridized carbons (Fsp3) is 1.00. The van der Waals surface area contributed by atoms with Gasteiger partial charge in [-0.2, -0.15) is 0 Å². The molecule has 0 unspecified atom stereocenters. The van der Waals surface area contributed by atoms with Crippen LogP contribution in [-0.4, -0.2) is 99.8 Å². The van der Waals surface area contributed by atoms with Crippen LogP contribution in [0, 0.1) is 0 Å². The van der Waals surface area contributed by atoms with Crippen LogP contribution in [0.1, 0.15) is 0 Å². The summed E-state index contributed by atoms with van der Waals surface area (Å²) in [4.78, 5) is 0. The van der Waals surface area contributed by atoms with E-state index in [1.54, 1.807) is 0 Å². The zero-order valence-electron chi connectivity index (χ0n) is 11.1. The molecule has 0 aromatic heterocycles. The van der Waals surface area contributed by atoms with Gasteiger partial charge in [0.25, 0.3) is 0 Å². The van der Waals surface area contributed by atoms with E-state index in [4.69, 9.17) is 29.2 Å². The summed E-state index contributed by atoms with van der Waals surface area (Å²) in [6.45, 7) is -1.42. The maximum absolute atomic E-state index is 9.60. The van der Waals surface area contributed by atoms with Gasteiger partial charge in [0.1, 0.15) is 36.6 Å². The minimum absolute atomic E-state index is 0.459. The largest absolute Gasteiger partial charge is 0.394 e. The topological polar surface area (TPSA) is 158 Å². The molecule has 2 aliphatic heterocycles. The molecule has 0 saturated carbocycles. The summed E-state index contributed by atoms with van der Waals surface area (Å²) < 4.78 is 20.2. The third-order valence-electron chi connectivity index (χ3n) is 3.46. The average Bonchev–Trinajstić information content (AvgIpc) is 2.91. The van der Waals surface area contributed by atoms with E-state index in [1.165, 1.54) is 0 Å². The van der Waals surface area contributed by atoms with Crippen LogP contribution < -0.4 is 0 Å². The Labute approximate surface area is 120 Å². The standard InChI is InChI=1S/C11H20O10/c12-1-4-6(14)8(16)10(20-4)18-3-19-11-9(17)7(15)5(2-13)21-11/h4-17H,1-3H2/t4-,5-,6-,7-,8-,9-,10-,11-/m1/s1. The van der Waals surface area contributed by atoms with Gasteiger partial charge >= 0.3 is 0 Å². The predicted octanol–water partition coefficient (Wildman–Crippen LogP) is -4.14. The number of aliphatic hydroxyl groups is 6. The molecule has 2 saturated heterocycles. The maximum atomic E-state index is 9.60. The van der Waals surface area contributed by atoms with Crippen molar-refractivity contribution in [3.63, 3.8) is 0 Å². The summed E-state index contributed by atoms with van der Waals surface area (Å²) in [5.41, 5.74) is 0. The highest BCUT2D eigenvalue weighted by Gasteiger charge is 2.45. The smallest absolute Gasteiger partial charge is 0.189 e. The second-order valence-corrected chi connectivity index (χ2v) is 4.86. The maximum Gasteiger partial charge on any atom is 0.189 e. The zero-order chi connectivity index (χ0) is 15.6. The van der Waals surface area contributed by atoms with Crippen molar-refractivity contribution < 1.29 is 49.6 Å². The fourth-order valence-corrected chi connectivity index (χ4v) is 2.18. The van der Waals surface area contributed by atoms with Crippen LogP contribution in [0.25, 0.3) is 0 Å². The zero-order valence-corrected chi connectivity index (χ0v) is 11.1. The number of aliphatic hydroxyl groups excluding tert-OH is 6. The lowest BCUT2D eigenvalue weighted by molar-refractivity contribution is -0.263. The average molecular weight is 312 g/mol. The summed E-state index contributed by atoms with van der Waals surface area (Å²) in [5, 5.41) is 56.0. The van der Waals surface area contributed by atoms with Gasteiger partial charge in [-0.3, -0.25) is 0 Å². The van der Waals surface area contributed by atoms with Gasteiger partial charge in [0, 0.05) is 0 Å². The molecule has 2 heterocycles. The van der Waals surface area contributed by atoms with E-state index in [9.17, 15) is 20.4 Å². The molecular formula is C11H20O10. The molecule has 0 spiro atoms. The van der Waals surface area contributed by atoms with Crippen LogP contribution in [0.4, 0.5) is 0 Å². The Bertz CT molecular complexity index is 298. The quantitative estimate of drug-likeness (QED) is 0.266. The molecule has 124 valence electrons. The molecule has 0 amide bonds. The molecule has 8 atom stereocenters. The van der Waals surface area contributed by atoms with E-state index >= 15 is 0 Å². The Balaban J connectivity index is 1.75. The Kier molecular flexibility index (Phi) is 5.85. The minimum atomic E-state index is -1.35. The second-order valence-electron chi connectivity index (χ2n) is 4.86. The van der Waals surface area contributed by atoms with Gasteiger partial charge in [-0.05, 0) is 0 Å².